The van der Waals surface area contributed by atoms with Crippen LogP contribution in [0.25, 0.3) is 5.82 Å². The van der Waals surface area contributed by atoms with Crippen LogP contribution in [0, 0.1) is 18.6 Å². The predicted octanol–water partition coefficient (Wildman–Crippen LogP) is 4.23. The molecule has 2 aromatic heterocycles. The Morgan fingerprint density at radius 2 is 1.87 bits per heavy atom. The van der Waals surface area contributed by atoms with Gasteiger partial charge in [-0.25, -0.2) is 9.67 Å². The molecular weight excluding hydrogens is 561 g/mol. The van der Waals surface area contributed by atoms with E-state index < -0.39 is 39.1 Å². The highest BCUT2D eigenvalue weighted by molar-refractivity contribution is 7.91. The molecule has 0 bridgehead atoms. The van der Waals surface area contributed by atoms with E-state index in [-0.39, 0.29) is 47.6 Å². The number of carbonyl (C=O) groups excluding carboxylic acids is 2. The van der Waals surface area contributed by atoms with Crippen LogP contribution in [0.3, 0.4) is 0 Å². The fourth-order valence-electron chi connectivity index (χ4n) is 3.46. The van der Waals surface area contributed by atoms with Crippen molar-refractivity contribution in [3.63, 3.8) is 0 Å². The smallest absolute Gasteiger partial charge is 0.379 e. The van der Waals surface area contributed by atoms with E-state index in [2.05, 4.69) is 20.7 Å². The third-order valence-corrected chi connectivity index (χ3v) is 6.51. The Labute approximate surface area is 227 Å². The summed E-state index contributed by atoms with van der Waals surface area (Å²) in [4.78, 5) is 30.3. The molecule has 0 saturated heterocycles. The van der Waals surface area contributed by atoms with Crippen molar-refractivity contribution in [1.29, 1.82) is 4.78 Å². The first-order chi connectivity index (χ1) is 18.2. The summed E-state index contributed by atoms with van der Waals surface area (Å²) in [5.74, 6) is -1.49. The predicted molar refractivity (Wildman–Crippen MR) is 140 cm³/mol. The molecule has 2 amide bonds. The van der Waals surface area contributed by atoms with Gasteiger partial charge in [-0.05, 0) is 43.2 Å². The van der Waals surface area contributed by atoms with E-state index in [1.807, 2.05) is 0 Å². The summed E-state index contributed by atoms with van der Waals surface area (Å²) in [6, 6.07) is 6.62. The van der Waals surface area contributed by atoms with Crippen LogP contribution in [0.2, 0.25) is 5.02 Å². The van der Waals surface area contributed by atoms with E-state index in [1.54, 1.807) is 26.0 Å². The maximum atomic E-state index is 13.5. The van der Waals surface area contributed by atoms with Crippen molar-refractivity contribution < 1.29 is 31.7 Å². The minimum absolute atomic E-state index is 0.0211. The number of amides is 2. The van der Waals surface area contributed by atoms with E-state index in [4.69, 9.17) is 21.1 Å². The van der Waals surface area contributed by atoms with Gasteiger partial charge in [-0.1, -0.05) is 17.7 Å². The SMILES string of the molecule is Cc1cccnc1-n1nc(C(F)(F)F)cc1C(=O)Nc1c(C)cc(Cl)cc1C(=O)NCCOCCS(C)(=N)=O. The molecule has 3 N–H and O–H groups in total. The summed E-state index contributed by atoms with van der Waals surface area (Å²) in [6.45, 7) is 3.40. The number of benzene rings is 1. The van der Waals surface area contributed by atoms with Crippen LogP contribution in [0.1, 0.15) is 37.7 Å². The molecule has 2 heterocycles. The Balaban J connectivity index is 1.86. The highest BCUT2D eigenvalue weighted by Gasteiger charge is 2.36. The largest absolute Gasteiger partial charge is 0.435 e. The molecule has 210 valence electrons. The maximum Gasteiger partial charge on any atom is 0.435 e. The average molecular weight is 587 g/mol. The zero-order valence-corrected chi connectivity index (χ0v) is 22.8. The summed E-state index contributed by atoms with van der Waals surface area (Å²) < 4.78 is 65.3. The number of pyridine rings is 1. The van der Waals surface area contributed by atoms with Gasteiger partial charge in [0.15, 0.2) is 11.5 Å². The summed E-state index contributed by atoms with van der Waals surface area (Å²) in [6.07, 6.45) is -2.16. The monoisotopic (exact) mass is 586 g/mol. The van der Waals surface area contributed by atoms with E-state index >= 15 is 0 Å². The highest BCUT2D eigenvalue weighted by atomic mass is 35.5. The molecule has 0 fully saturated rings. The minimum atomic E-state index is -4.82. The second-order valence-electron chi connectivity index (χ2n) is 8.65. The Kier molecular flexibility index (Phi) is 9.35. The number of alkyl halides is 3. The van der Waals surface area contributed by atoms with Crippen molar-refractivity contribution in [1.82, 2.24) is 20.1 Å². The quantitative estimate of drug-likeness (QED) is 0.304. The summed E-state index contributed by atoms with van der Waals surface area (Å²) in [7, 11) is -2.69. The van der Waals surface area contributed by atoms with Crippen molar-refractivity contribution in [2.45, 2.75) is 20.0 Å². The van der Waals surface area contributed by atoms with Crippen LogP contribution in [-0.2, 0) is 20.6 Å². The fourth-order valence-corrected chi connectivity index (χ4v) is 4.17. The Bertz CT molecular complexity index is 1490. The van der Waals surface area contributed by atoms with Crippen LogP contribution in [0.4, 0.5) is 18.9 Å². The second kappa shape index (κ2) is 12.1. The molecule has 1 atom stereocenters. The first-order valence-electron chi connectivity index (χ1n) is 11.5. The molecule has 0 radical (unpaired) electrons. The first-order valence-corrected chi connectivity index (χ1v) is 14.0. The Hall–Kier alpha value is -3.49. The number of carbonyl (C=O) groups is 2. The van der Waals surface area contributed by atoms with E-state index in [0.29, 0.717) is 17.2 Å². The van der Waals surface area contributed by atoms with Gasteiger partial charge < -0.3 is 15.4 Å². The van der Waals surface area contributed by atoms with Crippen molar-refractivity contribution in [3.8, 4) is 5.82 Å². The lowest BCUT2D eigenvalue weighted by Gasteiger charge is -2.15. The van der Waals surface area contributed by atoms with Gasteiger partial charge >= 0.3 is 6.18 Å². The summed E-state index contributed by atoms with van der Waals surface area (Å²) in [5, 5.41) is 8.91. The number of rotatable bonds is 10. The zero-order valence-electron chi connectivity index (χ0n) is 21.2. The molecular formula is C24H26ClF3N6O4S. The molecule has 39 heavy (non-hydrogen) atoms. The third-order valence-electron chi connectivity index (χ3n) is 5.35. The molecule has 0 aliphatic heterocycles. The van der Waals surface area contributed by atoms with Crippen LogP contribution >= 0.6 is 11.6 Å². The lowest BCUT2D eigenvalue weighted by Crippen LogP contribution is -2.29. The molecule has 1 unspecified atom stereocenters. The standard InChI is InChI=1S/C24H26ClF3N6O4S/c1-14-5-4-6-30-21(14)34-18(13-19(33-34)24(26,27)28)23(36)32-20-15(2)11-16(25)12-17(20)22(35)31-7-8-38-9-10-39(3,29)37/h4-6,11-13,29H,7-10H2,1-3H3,(H,31,35)(H,32,36). The van der Waals surface area contributed by atoms with Crippen LogP contribution in [-0.4, -0.2) is 62.6 Å². The van der Waals surface area contributed by atoms with Gasteiger partial charge in [0.05, 0.1) is 30.2 Å². The van der Waals surface area contributed by atoms with Gasteiger partial charge in [0.1, 0.15) is 5.69 Å². The number of hydrogen-bond donors (Lipinski definition) is 3. The second-order valence-corrected chi connectivity index (χ2v) is 11.5. The molecule has 0 aliphatic carbocycles. The van der Waals surface area contributed by atoms with Crippen LogP contribution in [0.15, 0.2) is 36.5 Å². The lowest BCUT2D eigenvalue weighted by atomic mass is 10.1. The van der Waals surface area contributed by atoms with Gasteiger partial charge in [-0.3, -0.25) is 18.6 Å². The van der Waals surface area contributed by atoms with Crippen LogP contribution < -0.4 is 10.6 Å². The topological polar surface area (TPSA) is 139 Å². The average Bonchev–Trinajstić information content (AvgIpc) is 3.28. The van der Waals surface area contributed by atoms with Crippen LogP contribution in [0.5, 0.6) is 0 Å². The first kappa shape index (κ1) is 30.1. The van der Waals surface area contributed by atoms with Gasteiger partial charge in [0, 0.05) is 39.8 Å². The number of anilines is 1. The summed E-state index contributed by atoms with van der Waals surface area (Å²) >= 11 is 6.13. The number of ether oxygens (including phenoxy) is 1. The Morgan fingerprint density at radius 1 is 1.15 bits per heavy atom. The number of aromatic nitrogens is 3. The van der Waals surface area contributed by atoms with Gasteiger partial charge in [0.25, 0.3) is 11.8 Å². The van der Waals surface area contributed by atoms with Crippen molar-refractivity contribution in [2.24, 2.45) is 0 Å². The fraction of sp³-hybridized carbons (Fsp3) is 0.333. The number of nitrogens with zero attached hydrogens (tertiary/aromatic N) is 3. The number of halogens is 4. The van der Waals surface area contributed by atoms with Crippen molar-refractivity contribution >= 4 is 38.8 Å². The molecule has 0 saturated carbocycles. The minimum Gasteiger partial charge on any atom is -0.379 e. The molecule has 0 aliphatic rings. The van der Waals surface area contributed by atoms with E-state index in [0.717, 1.165) is 4.68 Å². The Morgan fingerprint density at radius 3 is 2.51 bits per heavy atom. The van der Waals surface area contributed by atoms with Gasteiger partial charge in [-0.2, -0.15) is 18.3 Å². The lowest BCUT2D eigenvalue weighted by molar-refractivity contribution is -0.141. The number of hydrogen-bond acceptors (Lipinski definition) is 7. The molecule has 3 rings (SSSR count). The molecule has 0 spiro atoms. The summed E-state index contributed by atoms with van der Waals surface area (Å²) in [5.41, 5.74) is -0.833. The van der Waals surface area contributed by atoms with Gasteiger partial charge in [-0.15, -0.1) is 0 Å². The number of aryl methyl sites for hydroxylation is 2. The molecule has 3 aromatic rings. The zero-order chi connectivity index (χ0) is 29.0. The third kappa shape index (κ3) is 8.00. The molecule has 10 nitrogen and oxygen atoms in total. The maximum absolute atomic E-state index is 13.5. The number of nitrogens with one attached hydrogen (secondary N) is 3. The van der Waals surface area contributed by atoms with Crippen molar-refractivity contribution in [3.05, 3.63) is 69.6 Å². The van der Waals surface area contributed by atoms with Gasteiger partial charge in [0.2, 0.25) is 0 Å². The normalized spacial score (nSPS) is 13.1. The highest BCUT2D eigenvalue weighted by Crippen LogP contribution is 2.31. The molecule has 15 heteroatoms. The van der Waals surface area contributed by atoms with E-state index in [9.17, 15) is 27.0 Å². The van der Waals surface area contributed by atoms with E-state index in [1.165, 1.54) is 24.6 Å². The van der Waals surface area contributed by atoms with Crippen molar-refractivity contribution in [2.75, 3.05) is 37.1 Å². The molecule has 1 aromatic carbocycles.